The maximum absolute atomic E-state index is 12.5. The Kier molecular flexibility index (Phi) is 5.72. The lowest BCUT2D eigenvalue weighted by Gasteiger charge is -2.26. The van der Waals surface area contributed by atoms with Gasteiger partial charge in [0, 0.05) is 36.1 Å². The number of nitrogens with zero attached hydrogens (tertiary/aromatic N) is 4. The molecule has 1 aromatic carbocycles. The van der Waals surface area contributed by atoms with Crippen molar-refractivity contribution in [1.29, 1.82) is 0 Å². The molecule has 1 N–H and O–H groups in total. The van der Waals surface area contributed by atoms with E-state index in [1.54, 1.807) is 6.20 Å². The topological polar surface area (TPSA) is 62.5 Å². The van der Waals surface area contributed by atoms with E-state index in [1.807, 2.05) is 45.8 Å². The van der Waals surface area contributed by atoms with Crippen LogP contribution >= 0.6 is 11.6 Å². The molecule has 1 aliphatic heterocycles. The van der Waals surface area contributed by atoms with Gasteiger partial charge in [-0.05, 0) is 43.0 Å². The number of halogens is 1. The van der Waals surface area contributed by atoms with Crippen LogP contribution in [-0.2, 0) is 4.79 Å². The molecule has 0 bridgehead atoms. The maximum Gasteiger partial charge on any atom is 0.223 e. The molecule has 3 heterocycles. The second-order valence-electron chi connectivity index (χ2n) is 8.00. The first-order chi connectivity index (χ1) is 14.0. The average molecular weight is 412 g/mol. The molecular weight excluding hydrogens is 386 g/mol. The van der Waals surface area contributed by atoms with Crippen LogP contribution in [0.1, 0.15) is 33.1 Å². The van der Waals surface area contributed by atoms with Gasteiger partial charge in [-0.2, -0.15) is 0 Å². The minimum Gasteiger partial charge on any atom is -0.367 e. The molecular formula is C22H26ClN5O. The zero-order valence-corrected chi connectivity index (χ0v) is 17.6. The molecule has 1 unspecified atom stereocenters. The number of hydrogen-bond acceptors (Lipinski definition) is 4. The molecule has 7 heteroatoms. The lowest BCUT2D eigenvalue weighted by atomic mass is 10.1. The van der Waals surface area contributed by atoms with Gasteiger partial charge in [0.15, 0.2) is 5.65 Å². The van der Waals surface area contributed by atoms with Crippen molar-refractivity contribution < 1.29 is 4.79 Å². The number of amides is 1. The number of benzene rings is 1. The third-order valence-corrected chi connectivity index (χ3v) is 5.52. The van der Waals surface area contributed by atoms with Crippen LogP contribution in [0, 0.1) is 5.92 Å². The Morgan fingerprint density at radius 3 is 2.97 bits per heavy atom. The van der Waals surface area contributed by atoms with Crippen LogP contribution in [0.4, 0.5) is 5.82 Å². The molecule has 1 atom stereocenters. The van der Waals surface area contributed by atoms with Crippen molar-refractivity contribution in [2.24, 2.45) is 5.92 Å². The van der Waals surface area contributed by atoms with E-state index in [-0.39, 0.29) is 11.9 Å². The van der Waals surface area contributed by atoms with E-state index in [1.165, 1.54) is 0 Å². The highest BCUT2D eigenvalue weighted by Crippen LogP contribution is 2.24. The zero-order chi connectivity index (χ0) is 20.4. The third-order valence-electron chi connectivity index (χ3n) is 5.28. The average Bonchev–Trinajstić information content (AvgIpc) is 3.32. The third kappa shape index (κ3) is 4.37. The molecule has 1 saturated heterocycles. The van der Waals surface area contributed by atoms with E-state index in [0.717, 1.165) is 42.1 Å². The second-order valence-corrected chi connectivity index (χ2v) is 8.44. The van der Waals surface area contributed by atoms with Gasteiger partial charge in [-0.1, -0.05) is 37.6 Å². The molecule has 1 fully saturated rings. The van der Waals surface area contributed by atoms with E-state index >= 15 is 0 Å². The molecule has 152 valence electrons. The summed E-state index contributed by atoms with van der Waals surface area (Å²) in [6, 6.07) is 11.8. The lowest BCUT2D eigenvalue weighted by Crippen LogP contribution is -2.40. The van der Waals surface area contributed by atoms with Crippen LogP contribution < -0.4 is 5.32 Å². The smallest absolute Gasteiger partial charge is 0.223 e. The van der Waals surface area contributed by atoms with Gasteiger partial charge in [-0.15, -0.1) is 5.10 Å². The van der Waals surface area contributed by atoms with Crippen LogP contribution in [0.25, 0.3) is 16.9 Å². The summed E-state index contributed by atoms with van der Waals surface area (Å²) in [5.74, 6) is 1.40. The summed E-state index contributed by atoms with van der Waals surface area (Å²) < 4.78 is 1.82. The van der Waals surface area contributed by atoms with Gasteiger partial charge in [0.05, 0.1) is 11.9 Å². The molecule has 2 aromatic heterocycles. The van der Waals surface area contributed by atoms with Crippen molar-refractivity contribution in [2.45, 2.75) is 39.2 Å². The monoisotopic (exact) mass is 411 g/mol. The van der Waals surface area contributed by atoms with Gasteiger partial charge >= 0.3 is 0 Å². The fourth-order valence-corrected chi connectivity index (χ4v) is 4.07. The van der Waals surface area contributed by atoms with Crippen molar-refractivity contribution in [3.8, 4) is 11.3 Å². The van der Waals surface area contributed by atoms with E-state index < -0.39 is 0 Å². The van der Waals surface area contributed by atoms with Gasteiger partial charge < -0.3 is 10.2 Å². The first-order valence-electron chi connectivity index (χ1n) is 10.2. The number of nitrogens with one attached hydrogen (secondary N) is 1. The number of carbonyl (C=O) groups is 1. The summed E-state index contributed by atoms with van der Waals surface area (Å²) in [5.41, 5.74) is 2.64. The highest BCUT2D eigenvalue weighted by molar-refractivity contribution is 6.30. The highest BCUT2D eigenvalue weighted by Gasteiger charge is 2.28. The number of anilines is 1. The Labute approximate surface area is 175 Å². The van der Waals surface area contributed by atoms with E-state index in [4.69, 9.17) is 16.7 Å². The maximum atomic E-state index is 12.5. The molecule has 4 rings (SSSR count). The quantitative estimate of drug-likeness (QED) is 0.648. The molecule has 0 radical (unpaired) electrons. The summed E-state index contributed by atoms with van der Waals surface area (Å²) in [6.45, 7) is 5.72. The van der Waals surface area contributed by atoms with Crippen molar-refractivity contribution >= 4 is 29.0 Å². The Hall–Kier alpha value is -2.60. The molecule has 1 amide bonds. The molecule has 6 nitrogen and oxygen atoms in total. The predicted molar refractivity (Wildman–Crippen MR) is 116 cm³/mol. The lowest BCUT2D eigenvalue weighted by molar-refractivity contribution is -0.132. The minimum absolute atomic E-state index is 0.217. The van der Waals surface area contributed by atoms with Crippen LogP contribution in [0.2, 0.25) is 5.02 Å². The highest BCUT2D eigenvalue weighted by atomic mass is 35.5. The molecule has 29 heavy (non-hydrogen) atoms. The van der Waals surface area contributed by atoms with E-state index in [2.05, 4.69) is 24.1 Å². The largest absolute Gasteiger partial charge is 0.367 e. The van der Waals surface area contributed by atoms with E-state index in [9.17, 15) is 4.79 Å². The predicted octanol–water partition coefficient (Wildman–Crippen LogP) is 4.50. The number of hydrogen-bond donors (Lipinski definition) is 1. The van der Waals surface area contributed by atoms with Crippen LogP contribution in [0.5, 0.6) is 0 Å². The first kappa shape index (κ1) is 19.7. The number of carbonyl (C=O) groups excluding carboxylic acids is 1. The molecule has 1 aliphatic rings. The fourth-order valence-electron chi connectivity index (χ4n) is 3.88. The number of rotatable bonds is 6. The van der Waals surface area contributed by atoms with Gasteiger partial charge in [0.2, 0.25) is 5.91 Å². The van der Waals surface area contributed by atoms with Crippen LogP contribution in [-0.4, -0.2) is 44.5 Å². The van der Waals surface area contributed by atoms with E-state index in [0.29, 0.717) is 23.9 Å². The SMILES string of the molecule is CC(C)CC(=O)N1CCCC1CNc1ccc2ncc(-c3cccc(Cl)c3)n2n1. The van der Waals surface area contributed by atoms with Gasteiger partial charge in [-0.3, -0.25) is 4.79 Å². The standard InChI is InChI=1S/C22H26ClN5O/c1-15(2)11-22(29)27-10-4-7-18(27)13-24-20-8-9-21-25-14-19(28(21)26-20)16-5-3-6-17(23)12-16/h3,5-6,8-9,12,14-15,18H,4,7,10-11,13H2,1-2H3,(H,24,26). The second kappa shape index (κ2) is 8.41. The normalized spacial score (nSPS) is 16.7. The van der Waals surface area contributed by atoms with Crippen LogP contribution in [0.15, 0.2) is 42.6 Å². The number of fused-ring (bicyclic) bond motifs is 1. The fraction of sp³-hybridized carbons (Fsp3) is 0.409. The number of aromatic nitrogens is 3. The van der Waals surface area contributed by atoms with Crippen molar-refractivity contribution in [3.63, 3.8) is 0 Å². The molecule has 0 aliphatic carbocycles. The Bertz CT molecular complexity index is 1020. The van der Waals surface area contributed by atoms with Gasteiger partial charge in [-0.25, -0.2) is 9.50 Å². The minimum atomic E-state index is 0.217. The first-order valence-corrected chi connectivity index (χ1v) is 10.5. The zero-order valence-electron chi connectivity index (χ0n) is 16.8. The van der Waals surface area contributed by atoms with Gasteiger partial charge in [0.25, 0.3) is 0 Å². The Balaban J connectivity index is 1.50. The summed E-state index contributed by atoms with van der Waals surface area (Å²) in [6.07, 6.45) is 4.50. The molecule has 3 aromatic rings. The Morgan fingerprint density at radius 2 is 2.17 bits per heavy atom. The number of imidazole rings is 1. The van der Waals surface area contributed by atoms with Crippen LogP contribution in [0.3, 0.4) is 0 Å². The van der Waals surface area contributed by atoms with Gasteiger partial charge in [0.1, 0.15) is 5.82 Å². The molecule has 0 spiro atoms. The number of likely N-dealkylation sites (tertiary alicyclic amines) is 1. The van der Waals surface area contributed by atoms with Crippen molar-refractivity contribution in [2.75, 3.05) is 18.4 Å². The Morgan fingerprint density at radius 1 is 1.31 bits per heavy atom. The van der Waals surface area contributed by atoms with Crippen molar-refractivity contribution in [3.05, 3.63) is 47.6 Å². The summed E-state index contributed by atoms with van der Waals surface area (Å²) in [4.78, 5) is 19.0. The molecule has 0 saturated carbocycles. The summed E-state index contributed by atoms with van der Waals surface area (Å²) in [5, 5.41) is 8.81. The summed E-state index contributed by atoms with van der Waals surface area (Å²) >= 11 is 6.14. The summed E-state index contributed by atoms with van der Waals surface area (Å²) in [7, 11) is 0. The van der Waals surface area contributed by atoms with Crippen molar-refractivity contribution in [1.82, 2.24) is 19.5 Å².